The molecule has 88 valence electrons. The molecule has 2 N–H and O–H groups in total. The molecule has 0 heterocycles. The van der Waals surface area contributed by atoms with E-state index in [9.17, 15) is 10.2 Å². The Morgan fingerprint density at radius 2 is 1.94 bits per heavy atom. The molecule has 0 saturated carbocycles. The van der Waals surface area contributed by atoms with E-state index in [0.717, 1.165) is 6.42 Å². The van der Waals surface area contributed by atoms with Gasteiger partial charge in [-0.2, -0.15) is 0 Å². The highest BCUT2D eigenvalue weighted by Crippen LogP contribution is 2.38. The third-order valence-corrected chi connectivity index (χ3v) is 3.56. The molecule has 3 atom stereocenters. The van der Waals surface area contributed by atoms with E-state index in [2.05, 4.69) is 18.2 Å². The van der Waals surface area contributed by atoms with Crippen molar-refractivity contribution in [3.63, 3.8) is 0 Å². The molecule has 0 bridgehead atoms. The van der Waals surface area contributed by atoms with E-state index >= 15 is 0 Å². The van der Waals surface area contributed by atoms with Gasteiger partial charge in [0.05, 0.1) is 12.2 Å². The molecule has 1 aliphatic carbocycles. The highest BCUT2D eigenvalue weighted by atomic mass is 16.3. The van der Waals surface area contributed by atoms with Crippen LogP contribution in [0.2, 0.25) is 0 Å². The number of aliphatic hydroxyl groups is 2. The van der Waals surface area contributed by atoms with Gasteiger partial charge in [0.2, 0.25) is 0 Å². The van der Waals surface area contributed by atoms with Crippen LogP contribution in [0.25, 0.3) is 0 Å². The minimum absolute atomic E-state index is 0.116. The standard InChI is InChI=1S/C14H20O2/c1-9(2)14(16)13(15)8-11-7-10-5-3-4-6-12(10)11/h3-6,9,11,13-16H,7-8H2,1-2H3. The molecule has 2 rings (SSSR count). The van der Waals surface area contributed by atoms with Crippen LogP contribution in [0.15, 0.2) is 24.3 Å². The molecular formula is C14H20O2. The zero-order chi connectivity index (χ0) is 11.7. The fourth-order valence-electron chi connectivity index (χ4n) is 2.45. The summed E-state index contributed by atoms with van der Waals surface area (Å²) in [5.41, 5.74) is 2.73. The van der Waals surface area contributed by atoms with Crippen molar-refractivity contribution >= 4 is 0 Å². The topological polar surface area (TPSA) is 40.5 Å². The van der Waals surface area contributed by atoms with Crippen molar-refractivity contribution in [2.75, 3.05) is 0 Å². The Labute approximate surface area is 96.9 Å². The third kappa shape index (κ3) is 2.13. The minimum Gasteiger partial charge on any atom is -0.390 e. The number of hydrogen-bond donors (Lipinski definition) is 2. The van der Waals surface area contributed by atoms with Gasteiger partial charge in [-0.25, -0.2) is 0 Å². The van der Waals surface area contributed by atoms with Crippen LogP contribution in [-0.4, -0.2) is 22.4 Å². The first kappa shape index (κ1) is 11.6. The summed E-state index contributed by atoms with van der Waals surface area (Å²) in [5.74, 6) is 0.546. The van der Waals surface area contributed by atoms with Gasteiger partial charge < -0.3 is 10.2 Å². The largest absolute Gasteiger partial charge is 0.390 e. The van der Waals surface area contributed by atoms with Gasteiger partial charge in [-0.1, -0.05) is 38.1 Å². The maximum absolute atomic E-state index is 9.90. The van der Waals surface area contributed by atoms with E-state index in [1.807, 2.05) is 19.9 Å². The lowest BCUT2D eigenvalue weighted by Gasteiger charge is -2.33. The number of hydrogen-bond acceptors (Lipinski definition) is 2. The predicted molar refractivity (Wildman–Crippen MR) is 64.4 cm³/mol. The second kappa shape index (κ2) is 4.56. The number of benzene rings is 1. The van der Waals surface area contributed by atoms with Gasteiger partial charge >= 0.3 is 0 Å². The minimum atomic E-state index is -0.604. The van der Waals surface area contributed by atoms with E-state index in [1.165, 1.54) is 11.1 Å². The summed E-state index contributed by atoms with van der Waals surface area (Å²) < 4.78 is 0. The van der Waals surface area contributed by atoms with E-state index in [4.69, 9.17) is 0 Å². The lowest BCUT2D eigenvalue weighted by molar-refractivity contribution is -0.0166. The van der Waals surface area contributed by atoms with E-state index in [-0.39, 0.29) is 5.92 Å². The first-order valence-corrected chi connectivity index (χ1v) is 6.03. The molecule has 3 unspecified atom stereocenters. The lowest BCUT2D eigenvalue weighted by atomic mass is 9.74. The molecule has 16 heavy (non-hydrogen) atoms. The van der Waals surface area contributed by atoms with Crippen LogP contribution in [0.5, 0.6) is 0 Å². The Bertz CT molecular complexity index is 360. The monoisotopic (exact) mass is 220 g/mol. The molecule has 0 radical (unpaired) electrons. The molecule has 0 spiro atoms. The summed E-state index contributed by atoms with van der Waals surface area (Å²) in [6.07, 6.45) is 0.514. The van der Waals surface area contributed by atoms with E-state index < -0.39 is 12.2 Å². The summed E-state index contributed by atoms with van der Waals surface area (Å²) in [4.78, 5) is 0. The van der Waals surface area contributed by atoms with Gasteiger partial charge in [0.15, 0.2) is 0 Å². The smallest absolute Gasteiger partial charge is 0.0822 e. The first-order valence-electron chi connectivity index (χ1n) is 6.03. The maximum atomic E-state index is 9.90. The molecule has 2 nitrogen and oxygen atoms in total. The Kier molecular flexibility index (Phi) is 3.31. The Balaban J connectivity index is 1.94. The fraction of sp³-hybridized carbons (Fsp3) is 0.571. The van der Waals surface area contributed by atoms with Crippen molar-refractivity contribution in [2.24, 2.45) is 5.92 Å². The maximum Gasteiger partial charge on any atom is 0.0822 e. The number of aliphatic hydroxyl groups excluding tert-OH is 2. The lowest BCUT2D eigenvalue weighted by Crippen LogP contribution is -2.34. The molecule has 0 aliphatic heterocycles. The van der Waals surface area contributed by atoms with Crippen molar-refractivity contribution in [3.8, 4) is 0 Å². The average molecular weight is 220 g/mol. The van der Waals surface area contributed by atoms with Gasteiger partial charge in [-0.15, -0.1) is 0 Å². The normalized spacial score (nSPS) is 22.4. The molecule has 1 aromatic carbocycles. The molecule has 1 aromatic rings. The van der Waals surface area contributed by atoms with Gasteiger partial charge in [-0.3, -0.25) is 0 Å². The number of rotatable bonds is 4. The molecule has 0 amide bonds. The van der Waals surface area contributed by atoms with Crippen LogP contribution in [-0.2, 0) is 6.42 Å². The van der Waals surface area contributed by atoms with Crippen LogP contribution in [0.1, 0.15) is 37.3 Å². The van der Waals surface area contributed by atoms with Gasteiger partial charge in [-0.05, 0) is 35.8 Å². The quantitative estimate of drug-likeness (QED) is 0.815. The van der Waals surface area contributed by atoms with Crippen LogP contribution < -0.4 is 0 Å². The van der Waals surface area contributed by atoms with Crippen molar-refractivity contribution in [1.29, 1.82) is 0 Å². The van der Waals surface area contributed by atoms with Crippen molar-refractivity contribution < 1.29 is 10.2 Å². The predicted octanol–water partition coefficient (Wildman–Crippen LogP) is 2.09. The zero-order valence-electron chi connectivity index (χ0n) is 9.93. The summed E-state index contributed by atoms with van der Waals surface area (Å²) in [5, 5.41) is 19.7. The van der Waals surface area contributed by atoms with Crippen LogP contribution in [0.4, 0.5) is 0 Å². The summed E-state index contributed by atoms with van der Waals surface area (Å²) >= 11 is 0. The second-order valence-electron chi connectivity index (χ2n) is 5.14. The highest BCUT2D eigenvalue weighted by molar-refractivity contribution is 5.39. The molecule has 0 saturated heterocycles. The fourth-order valence-corrected chi connectivity index (χ4v) is 2.45. The Hall–Kier alpha value is -0.860. The molecule has 0 fully saturated rings. The van der Waals surface area contributed by atoms with Crippen LogP contribution in [0, 0.1) is 5.92 Å². The highest BCUT2D eigenvalue weighted by Gasteiger charge is 2.30. The van der Waals surface area contributed by atoms with Crippen molar-refractivity contribution in [1.82, 2.24) is 0 Å². The van der Waals surface area contributed by atoms with Gasteiger partial charge in [0.25, 0.3) is 0 Å². The number of fused-ring (bicyclic) bond motifs is 1. The average Bonchev–Trinajstić information content (AvgIpc) is 2.24. The summed E-state index contributed by atoms with van der Waals surface area (Å²) in [6, 6.07) is 8.35. The molecule has 0 aromatic heterocycles. The molecule has 1 aliphatic rings. The van der Waals surface area contributed by atoms with Crippen molar-refractivity contribution in [3.05, 3.63) is 35.4 Å². The molecular weight excluding hydrogens is 200 g/mol. The van der Waals surface area contributed by atoms with E-state index in [0.29, 0.717) is 12.3 Å². The van der Waals surface area contributed by atoms with E-state index in [1.54, 1.807) is 0 Å². The summed E-state index contributed by atoms with van der Waals surface area (Å²) in [6.45, 7) is 3.87. The van der Waals surface area contributed by atoms with Crippen LogP contribution >= 0.6 is 0 Å². The Morgan fingerprint density at radius 1 is 1.25 bits per heavy atom. The van der Waals surface area contributed by atoms with Crippen molar-refractivity contribution in [2.45, 2.75) is 44.8 Å². The third-order valence-electron chi connectivity index (χ3n) is 3.56. The molecule has 2 heteroatoms. The Morgan fingerprint density at radius 3 is 2.56 bits per heavy atom. The second-order valence-corrected chi connectivity index (χ2v) is 5.14. The SMILES string of the molecule is CC(C)C(O)C(O)CC1Cc2ccccc21. The van der Waals surface area contributed by atoms with Gasteiger partial charge in [0, 0.05) is 0 Å². The van der Waals surface area contributed by atoms with Gasteiger partial charge in [0.1, 0.15) is 0 Å². The first-order chi connectivity index (χ1) is 7.59. The van der Waals surface area contributed by atoms with Crippen LogP contribution in [0.3, 0.4) is 0 Å². The zero-order valence-corrected chi connectivity index (χ0v) is 9.93. The summed E-state index contributed by atoms with van der Waals surface area (Å²) in [7, 11) is 0.